The van der Waals surface area contributed by atoms with Crippen molar-refractivity contribution in [2.24, 2.45) is 11.8 Å². The third kappa shape index (κ3) is 7.97. The van der Waals surface area contributed by atoms with Crippen molar-refractivity contribution in [1.29, 1.82) is 0 Å². The average molecular weight is 437 g/mol. The second-order valence-electron chi connectivity index (χ2n) is 8.94. The second kappa shape index (κ2) is 12.9. The summed E-state index contributed by atoms with van der Waals surface area (Å²) in [5.41, 5.74) is 0.948. The lowest BCUT2D eigenvalue weighted by molar-refractivity contribution is 0.364. The van der Waals surface area contributed by atoms with Crippen molar-refractivity contribution in [1.82, 2.24) is 0 Å². The van der Waals surface area contributed by atoms with Gasteiger partial charge in [0.05, 0.1) is 0 Å². The molecule has 2 unspecified atom stereocenters. The van der Waals surface area contributed by atoms with Crippen LogP contribution in [0.4, 0.5) is 17.6 Å². The van der Waals surface area contributed by atoms with Gasteiger partial charge in [0.25, 0.3) is 0 Å². The molecule has 2 atom stereocenters. The lowest BCUT2D eigenvalue weighted by Crippen LogP contribution is -2.03. The summed E-state index contributed by atoms with van der Waals surface area (Å²) in [4.78, 5) is 0. The van der Waals surface area contributed by atoms with Crippen molar-refractivity contribution in [2.45, 2.75) is 85.0 Å². The quantitative estimate of drug-likeness (QED) is 0.217. The highest BCUT2D eigenvalue weighted by Crippen LogP contribution is 2.28. The molecule has 2 aromatic carbocycles. The summed E-state index contributed by atoms with van der Waals surface area (Å²) in [6.07, 6.45) is 11.7. The number of benzene rings is 2. The molecule has 0 aromatic heterocycles. The maximum atomic E-state index is 14.6. The molecule has 0 nitrogen and oxygen atoms in total. The molecule has 0 bridgehead atoms. The summed E-state index contributed by atoms with van der Waals surface area (Å²) in [5, 5.41) is 0. The molecule has 0 heterocycles. The molecular weight excluding hydrogens is 400 g/mol. The second-order valence-corrected chi connectivity index (χ2v) is 8.94. The van der Waals surface area contributed by atoms with Gasteiger partial charge in [0.15, 0.2) is 17.5 Å². The Morgan fingerprint density at radius 2 is 1.35 bits per heavy atom. The van der Waals surface area contributed by atoms with Crippen LogP contribution in [-0.4, -0.2) is 0 Å². The summed E-state index contributed by atoms with van der Waals surface area (Å²) in [5.74, 6) is -3.20. The van der Waals surface area contributed by atoms with Gasteiger partial charge >= 0.3 is 0 Å². The number of rotatable bonds is 13. The first-order chi connectivity index (χ1) is 14.8. The Labute approximate surface area is 185 Å². The van der Waals surface area contributed by atoms with Gasteiger partial charge in [-0.3, -0.25) is 0 Å². The third-order valence-electron chi connectivity index (χ3n) is 6.19. The zero-order valence-corrected chi connectivity index (χ0v) is 19.1. The first kappa shape index (κ1) is 25.4. The lowest BCUT2D eigenvalue weighted by Gasteiger charge is -2.17. The minimum atomic E-state index is -1.54. The number of hydrogen-bond acceptors (Lipinski definition) is 0. The van der Waals surface area contributed by atoms with Gasteiger partial charge in [-0.1, -0.05) is 84.3 Å². The van der Waals surface area contributed by atoms with Crippen molar-refractivity contribution in [3.8, 4) is 11.1 Å². The Balaban J connectivity index is 1.91. The summed E-state index contributed by atoms with van der Waals surface area (Å²) in [7, 11) is 0. The molecule has 0 spiro atoms. The maximum absolute atomic E-state index is 14.6. The first-order valence-electron chi connectivity index (χ1n) is 11.8. The van der Waals surface area contributed by atoms with Crippen molar-refractivity contribution >= 4 is 0 Å². The van der Waals surface area contributed by atoms with E-state index in [2.05, 4.69) is 20.8 Å². The van der Waals surface area contributed by atoms with Gasteiger partial charge < -0.3 is 0 Å². The van der Waals surface area contributed by atoms with E-state index in [0.29, 0.717) is 5.92 Å². The van der Waals surface area contributed by atoms with Crippen LogP contribution in [-0.2, 0) is 6.42 Å². The SMILES string of the molecule is CCCC(C)CCCC(CCC)CCCc1ccc(-c2cc(F)c(F)c(F)c2)c(F)c1. The van der Waals surface area contributed by atoms with Crippen LogP contribution >= 0.6 is 0 Å². The van der Waals surface area contributed by atoms with E-state index in [1.165, 1.54) is 57.1 Å². The fraction of sp³-hybridized carbons (Fsp3) is 0.556. The van der Waals surface area contributed by atoms with Crippen LogP contribution in [0.3, 0.4) is 0 Å². The molecule has 31 heavy (non-hydrogen) atoms. The molecule has 2 aromatic rings. The highest BCUT2D eigenvalue weighted by Gasteiger charge is 2.15. The Morgan fingerprint density at radius 1 is 0.710 bits per heavy atom. The van der Waals surface area contributed by atoms with E-state index in [1.54, 1.807) is 6.07 Å². The van der Waals surface area contributed by atoms with Crippen LogP contribution in [0.15, 0.2) is 30.3 Å². The zero-order chi connectivity index (χ0) is 22.8. The molecule has 0 amide bonds. The van der Waals surface area contributed by atoms with Crippen molar-refractivity contribution in [2.75, 3.05) is 0 Å². The van der Waals surface area contributed by atoms with Gasteiger partial charge in [0, 0.05) is 5.56 Å². The molecule has 0 fully saturated rings. The molecule has 0 aliphatic heterocycles. The molecule has 0 radical (unpaired) electrons. The fourth-order valence-electron chi connectivity index (χ4n) is 4.49. The van der Waals surface area contributed by atoms with E-state index in [4.69, 9.17) is 0 Å². The van der Waals surface area contributed by atoms with Crippen LogP contribution < -0.4 is 0 Å². The molecule has 0 N–H and O–H groups in total. The summed E-state index contributed by atoms with van der Waals surface area (Å²) >= 11 is 0. The Kier molecular flexibility index (Phi) is 10.6. The number of hydrogen-bond donors (Lipinski definition) is 0. The van der Waals surface area contributed by atoms with Gasteiger partial charge in [-0.25, -0.2) is 17.6 Å². The minimum Gasteiger partial charge on any atom is -0.206 e. The van der Waals surface area contributed by atoms with Crippen LogP contribution in [0.25, 0.3) is 11.1 Å². The van der Waals surface area contributed by atoms with Gasteiger partial charge in [0.2, 0.25) is 0 Å². The van der Waals surface area contributed by atoms with E-state index in [-0.39, 0.29) is 11.1 Å². The zero-order valence-electron chi connectivity index (χ0n) is 19.1. The van der Waals surface area contributed by atoms with Crippen LogP contribution in [0.5, 0.6) is 0 Å². The van der Waals surface area contributed by atoms with E-state index in [1.807, 2.05) is 0 Å². The van der Waals surface area contributed by atoms with Gasteiger partial charge in [-0.15, -0.1) is 0 Å². The third-order valence-corrected chi connectivity index (χ3v) is 6.19. The molecule has 0 aliphatic rings. The summed E-state index contributed by atoms with van der Waals surface area (Å²) in [6, 6.07) is 6.39. The topological polar surface area (TPSA) is 0 Å². The molecule has 2 rings (SSSR count). The molecular formula is C27H36F4. The molecule has 0 saturated carbocycles. The van der Waals surface area contributed by atoms with E-state index < -0.39 is 23.3 Å². The molecule has 172 valence electrons. The fourth-order valence-corrected chi connectivity index (χ4v) is 4.49. The number of halogens is 4. The van der Waals surface area contributed by atoms with E-state index in [0.717, 1.165) is 42.9 Å². The van der Waals surface area contributed by atoms with Gasteiger partial charge in [0.1, 0.15) is 5.82 Å². The van der Waals surface area contributed by atoms with Crippen molar-refractivity contribution in [3.63, 3.8) is 0 Å². The minimum absolute atomic E-state index is 0.000705. The molecule has 0 saturated heterocycles. The lowest BCUT2D eigenvalue weighted by atomic mass is 9.88. The number of aryl methyl sites for hydroxylation is 1. The van der Waals surface area contributed by atoms with Crippen molar-refractivity contribution in [3.05, 3.63) is 59.2 Å². The highest BCUT2D eigenvalue weighted by molar-refractivity contribution is 5.64. The molecule has 4 heteroatoms. The summed E-state index contributed by atoms with van der Waals surface area (Å²) < 4.78 is 54.7. The summed E-state index contributed by atoms with van der Waals surface area (Å²) in [6.45, 7) is 6.80. The standard InChI is InChI=1S/C27H36F4/c1-4-8-19(3)10-6-11-20(9-5-2)12-7-13-21-14-15-23(24(28)16-21)22-17-25(29)27(31)26(30)18-22/h14-20H,4-13H2,1-3H3. The van der Waals surface area contributed by atoms with Crippen molar-refractivity contribution < 1.29 is 17.6 Å². The van der Waals surface area contributed by atoms with E-state index in [9.17, 15) is 17.6 Å². The van der Waals surface area contributed by atoms with Gasteiger partial charge in [-0.05, 0) is 54.0 Å². The monoisotopic (exact) mass is 436 g/mol. The van der Waals surface area contributed by atoms with Crippen LogP contribution in [0, 0.1) is 35.1 Å². The van der Waals surface area contributed by atoms with Gasteiger partial charge in [-0.2, -0.15) is 0 Å². The normalized spacial score (nSPS) is 13.4. The maximum Gasteiger partial charge on any atom is 0.194 e. The predicted octanol–water partition coefficient (Wildman–Crippen LogP) is 9.26. The average Bonchev–Trinajstić information content (AvgIpc) is 2.72. The molecule has 0 aliphatic carbocycles. The predicted molar refractivity (Wildman–Crippen MR) is 121 cm³/mol. The highest BCUT2D eigenvalue weighted by atomic mass is 19.2. The Bertz CT molecular complexity index is 792. The Morgan fingerprint density at radius 3 is 1.97 bits per heavy atom. The van der Waals surface area contributed by atoms with E-state index >= 15 is 0 Å². The Hall–Kier alpha value is -1.84. The smallest absolute Gasteiger partial charge is 0.194 e. The van der Waals surface area contributed by atoms with Crippen LogP contribution in [0.1, 0.15) is 84.1 Å². The largest absolute Gasteiger partial charge is 0.206 e. The van der Waals surface area contributed by atoms with Crippen LogP contribution in [0.2, 0.25) is 0 Å². The first-order valence-corrected chi connectivity index (χ1v) is 11.8.